The van der Waals surface area contributed by atoms with Gasteiger partial charge in [0.15, 0.2) is 0 Å². The molecule has 86 heavy (non-hydrogen) atoms. The van der Waals surface area contributed by atoms with Crippen molar-refractivity contribution in [2.75, 3.05) is 0 Å². The van der Waals surface area contributed by atoms with E-state index in [1.807, 2.05) is 0 Å². The zero-order valence-electron chi connectivity index (χ0n) is 48.9. The molecule has 0 saturated carbocycles. The fraction of sp³-hybridized carbons (Fsp3) is 0.0976. The monoisotopic (exact) mass is 1100 g/mol. The van der Waals surface area contributed by atoms with Crippen molar-refractivity contribution in [1.82, 2.24) is 17.9 Å². The molecule has 0 saturated heterocycles. The Morgan fingerprint density at radius 2 is 0.593 bits per heavy atom. The van der Waals surface area contributed by atoms with Crippen molar-refractivity contribution in [2.45, 2.75) is 52.4 Å². The molecule has 0 fully saturated rings. The second-order valence-corrected chi connectivity index (χ2v) is 26.5. The molecule has 0 atom stereocenters. The minimum atomic E-state index is -0.114. The van der Waals surface area contributed by atoms with E-state index in [4.69, 9.17) is 0 Å². The van der Waals surface area contributed by atoms with Gasteiger partial charge in [-0.3, -0.25) is 0 Å². The molecule has 0 aliphatic rings. The lowest BCUT2D eigenvalue weighted by Gasteiger charge is -2.19. The smallest absolute Gasteiger partial charge is 0.0626 e. The molecule has 13 aromatic carbocycles. The fourth-order valence-electron chi connectivity index (χ4n) is 15.6. The summed E-state index contributed by atoms with van der Waals surface area (Å²) in [5, 5.41) is 20.4. The Balaban J connectivity index is 0.965. The molecule has 0 spiro atoms. The maximum Gasteiger partial charge on any atom is 0.0626 e. The zero-order chi connectivity index (χ0) is 57.2. The second-order valence-electron chi connectivity index (χ2n) is 26.5. The average Bonchev–Trinajstić information content (AvgIpc) is 1.54. The Morgan fingerprint density at radius 3 is 1.01 bits per heavy atom. The van der Waals surface area contributed by atoms with Crippen LogP contribution in [-0.4, -0.2) is 17.9 Å². The van der Waals surface area contributed by atoms with Crippen LogP contribution in [0.1, 0.15) is 52.7 Å². The van der Waals surface area contributed by atoms with Crippen molar-refractivity contribution in [3.63, 3.8) is 0 Å². The van der Waals surface area contributed by atoms with E-state index in [0.29, 0.717) is 0 Å². The van der Waals surface area contributed by atoms with E-state index in [1.165, 1.54) is 175 Å². The normalized spacial score (nSPS) is 13.0. The predicted octanol–water partition coefficient (Wildman–Crippen LogP) is 22.4. The van der Waals surface area contributed by atoms with Gasteiger partial charge in [-0.2, -0.15) is 0 Å². The van der Waals surface area contributed by atoms with E-state index >= 15 is 0 Å². The van der Waals surface area contributed by atoms with Crippen LogP contribution in [0.2, 0.25) is 0 Å². The topological polar surface area (TPSA) is 18.7 Å². The largest absolute Gasteiger partial charge is 0.309 e. The van der Waals surface area contributed by atoms with E-state index < -0.39 is 0 Å². The summed E-state index contributed by atoms with van der Waals surface area (Å²) in [4.78, 5) is 0. The van der Waals surface area contributed by atoms with Crippen molar-refractivity contribution in [2.24, 2.45) is 0 Å². The van der Waals surface area contributed by atoms with E-state index in [0.717, 1.165) is 11.4 Å². The highest BCUT2D eigenvalue weighted by Gasteiger charge is 2.30. The number of para-hydroxylation sites is 4. The van der Waals surface area contributed by atoms with Gasteiger partial charge >= 0.3 is 0 Å². The van der Waals surface area contributed by atoms with Crippen LogP contribution in [0.4, 0.5) is 0 Å². The number of hydrogen-bond donors (Lipinski definition) is 0. The Kier molecular flexibility index (Phi) is 9.31. The summed E-state index contributed by atoms with van der Waals surface area (Å²) in [5.41, 5.74) is 22.0. The lowest BCUT2D eigenvalue weighted by atomic mass is 9.84. The summed E-state index contributed by atoms with van der Waals surface area (Å²) in [6.45, 7) is 14.2. The molecular formula is C82H58N4. The van der Waals surface area contributed by atoms with Gasteiger partial charge in [-0.05, 0) is 164 Å². The summed E-state index contributed by atoms with van der Waals surface area (Å²) in [7, 11) is 0. The molecule has 6 aromatic heterocycles. The van der Waals surface area contributed by atoms with Gasteiger partial charge in [-0.15, -0.1) is 0 Å². The molecule has 4 nitrogen and oxygen atoms in total. The molecule has 0 N–H and O–H groups in total. The SMILES string of the molecule is CC(C)(C)c1cc2c3cc4c(cc3n3c5c(-c6ccc7c(c6)c6ccccc6n7-c6ccccc6)cc6ccccc6c5c(c1)c23)c1cc(C(C)(C)C)cc2c3c5ccccc5cc(-c5ccc6c(c5)c5ccccc5n6-c5ccccc5)c3n4c12. The maximum atomic E-state index is 2.68. The lowest BCUT2D eigenvalue weighted by Crippen LogP contribution is -2.10. The highest BCUT2D eigenvalue weighted by atomic mass is 15.0. The van der Waals surface area contributed by atoms with Crippen LogP contribution in [0.15, 0.2) is 243 Å². The van der Waals surface area contributed by atoms with Gasteiger partial charge < -0.3 is 17.9 Å². The van der Waals surface area contributed by atoms with Crippen molar-refractivity contribution in [3.05, 3.63) is 254 Å². The molecule has 0 radical (unpaired) electrons. The third-order valence-corrected chi connectivity index (χ3v) is 19.6. The molecule has 0 aliphatic carbocycles. The lowest BCUT2D eigenvalue weighted by molar-refractivity contribution is 0.591. The first kappa shape index (κ1) is 48.0. The van der Waals surface area contributed by atoms with Crippen LogP contribution in [-0.2, 0) is 10.8 Å². The molecular weight excluding hydrogens is 1040 g/mol. The van der Waals surface area contributed by atoms with Crippen molar-refractivity contribution in [3.8, 4) is 33.6 Å². The van der Waals surface area contributed by atoms with Gasteiger partial charge in [0.25, 0.3) is 0 Å². The number of rotatable bonds is 4. The van der Waals surface area contributed by atoms with Crippen LogP contribution in [0, 0.1) is 0 Å². The summed E-state index contributed by atoms with van der Waals surface area (Å²) in [5.74, 6) is 0. The van der Waals surface area contributed by atoms with Crippen molar-refractivity contribution < 1.29 is 0 Å². The van der Waals surface area contributed by atoms with Gasteiger partial charge in [0, 0.05) is 87.1 Å². The summed E-state index contributed by atoms with van der Waals surface area (Å²) in [6, 6.07) is 92.3. The highest BCUT2D eigenvalue weighted by Crippen LogP contribution is 2.52. The van der Waals surface area contributed by atoms with Gasteiger partial charge in [0.05, 0.1) is 55.2 Å². The number of fused-ring (bicyclic) bond motifs is 22. The van der Waals surface area contributed by atoms with E-state index in [9.17, 15) is 0 Å². The molecule has 6 heterocycles. The molecule has 0 aliphatic heterocycles. The molecule has 19 aromatic rings. The molecule has 4 heteroatoms. The van der Waals surface area contributed by atoms with Crippen molar-refractivity contribution in [1.29, 1.82) is 0 Å². The number of hydrogen-bond acceptors (Lipinski definition) is 0. The Labute approximate surface area is 496 Å². The zero-order valence-corrected chi connectivity index (χ0v) is 48.9. The maximum absolute atomic E-state index is 2.68. The third kappa shape index (κ3) is 6.32. The Bertz CT molecular complexity index is 5750. The van der Waals surface area contributed by atoms with Crippen molar-refractivity contribution >= 4 is 141 Å². The molecule has 0 unspecified atom stereocenters. The Morgan fingerprint density at radius 1 is 0.244 bits per heavy atom. The highest BCUT2D eigenvalue weighted by molar-refractivity contribution is 6.35. The fourth-order valence-corrected chi connectivity index (χ4v) is 15.6. The molecule has 406 valence electrons. The van der Waals surface area contributed by atoms with Gasteiger partial charge in [-0.1, -0.05) is 175 Å². The molecule has 0 amide bonds. The van der Waals surface area contributed by atoms with Crippen LogP contribution in [0.25, 0.3) is 175 Å². The second kappa shape index (κ2) is 16.7. The minimum Gasteiger partial charge on any atom is -0.309 e. The van der Waals surface area contributed by atoms with E-state index in [2.05, 4.69) is 302 Å². The molecule has 19 rings (SSSR count). The Hall–Kier alpha value is -10.4. The van der Waals surface area contributed by atoms with Crippen LogP contribution >= 0.6 is 0 Å². The molecule has 0 bridgehead atoms. The number of benzene rings is 13. The number of aromatic nitrogens is 4. The van der Waals surface area contributed by atoms with Gasteiger partial charge in [0.1, 0.15) is 0 Å². The minimum absolute atomic E-state index is 0.114. The van der Waals surface area contributed by atoms with Crippen LogP contribution < -0.4 is 0 Å². The van der Waals surface area contributed by atoms with E-state index in [-0.39, 0.29) is 10.8 Å². The summed E-state index contributed by atoms with van der Waals surface area (Å²) < 4.78 is 10.2. The quantitative estimate of drug-likeness (QED) is 0.167. The predicted molar refractivity (Wildman–Crippen MR) is 368 cm³/mol. The first-order valence-electron chi connectivity index (χ1n) is 30.4. The van der Waals surface area contributed by atoms with E-state index in [1.54, 1.807) is 0 Å². The third-order valence-electron chi connectivity index (χ3n) is 19.6. The average molecular weight is 1100 g/mol. The van der Waals surface area contributed by atoms with Gasteiger partial charge in [-0.25, -0.2) is 0 Å². The number of nitrogens with zero attached hydrogens (tertiary/aromatic N) is 4. The first-order chi connectivity index (χ1) is 41.9. The van der Waals surface area contributed by atoms with Crippen LogP contribution in [0.5, 0.6) is 0 Å². The standard InChI is InChI=1S/C82H58N4/c1-81(2,3)51-41-65-63-45-74-64(46-73(63)85-77(65)67(43-51)75-55-27-15-13-21-47(55)37-59(79(75)85)49-33-35-71-61(39-49)57-29-17-19-31-69(57)83(71)53-23-9-7-10-24-53)66-42-52(82(4,5)6)44-68-76-56-28-16-14-22-48(56)38-60(80(76)86(74)78(66)68)50-34-36-72-62(40-50)58-30-18-20-32-70(58)84(72)54-25-11-8-12-26-54/h7-46H,1-6H3. The van der Waals surface area contributed by atoms with Crippen LogP contribution in [0.3, 0.4) is 0 Å². The van der Waals surface area contributed by atoms with Gasteiger partial charge in [0.2, 0.25) is 0 Å². The summed E-state index contributed by atoms with van der Waals surface area (Å²) in [6.07, 6.45) is 0. The first-order valence-corrected chi connectivity index (χ1v) is 30.4. The summed E-state index contributed by atoms with van der Waals surface area (Å²) >= 11 is 0.